The molecule has 14 heteroatoms. The van der Waals surface area contributed by atoms with Crippen molar-refractivity contribution in [3.8, 4) is 0 Å². The molecule has 0 atom stereocenters. The average molecular weight is 743 g/mol. The predicted molar refractivity (Wildman–Crippen MR) is 212 cm³/mol. The summed E-state index contributed by atoms with van der Waals surface area (Å²) >= 11 is 0. The second-order valence-corrected chi connectivity index (χ2v) is 31.6. The first kappa shape index (κ1) is 45.2. The number of rotatable bonds is 13. The molecule has 3 aromatic rings. The molecule has 0 saturated carbocycles. The number of aromatic nitrogens is 6. The minimum atomic E-state index is -1.72. The molecule has 0 saturated heterocycles. The van der Waals surface area contributed by atoms with E-state index in [1.54, 1.807) is 19.0 Å². The fraction of sp³-hybridized carbons (Fsp3) is 0.694. The van der Waals surface area contributed by atoms with Gasteiger partial charge in [0.15, 0.2) is 25.0 Å². The van der Waals surface area contributed by atoms with Crippen molar-refractivity contribution in [3.63, 3.8) is 0 Å². The lowest BCUT2D eigenvalue weighted by Gasteiger charge is -2.36. The van der Waals surface area contributed by atoms with Gasteiger partial charge in [-0.1, -0.05) is 62.3 Å². The fourth-order valence-corrected chi connectivity index (χ4v) is 6.21. The molecule has 0 radical (unpaired) electrons. The first-order chi connectivity index (χ1) is 22.9. The summed E-state index contributed by atoms with van der Waals surface area (Å²) in [5.41, 5.74) is 3.06. The van der Waals surface area contributed by atoms with Gasteiger partial charge >= 0.3 is 0 Å². The van der Waals surface area contributed by atoms with Crippen LogP contribution < -0.4 is 0 Å². The van der Waals surface area contributed by atoms with Crippen molar-refractivity contribution in [2.45, 2.75) is 150 Å². The lowest BCUT2D eigenvalue weighted by Crippen LogP contribution is -2.40. The molecule has 0 aliphatic rings. The Bertz CT molecular complexity index is 1480. The van der Waals surface area contributed by atoms with Crippen LogP contribution in [0.15, 0.2) is 37.6 Å². The number of hydrogen-bond acceptors (Lipinski definition) is 6. The molecule has 0 aliphatic carbocycles. The van der Waals surface area contributed by atoms with Crippen LogP contribution in [0.2, 0.25) is 54.4 Å². The second-order valence-electron chi connectivity index (χ2n) is 17.2. The van der Waals surface area contributed by atoms with Crippen molar-refractivity contribution < 1.29 is 13.3 Å². The molecule has 0 spiro atoms. The van der Waals surface area contributed by atoms with Gasteiger partial charge < -0.3 is 37.1 Å². The van der Waals surface area contributed by atoms with E-state index in [2.05, 4.69) is 131 Å². The Morgan fingerprint density at radius 3 is 1.66 bits per heavy atom. The summed E-state index contributed by atoms with van der Waals surface area (Å²) in [6, 6.07) is 0. The minimum Gasteiger partial charge on any atom is -0.411 e. The third-order valence-electron chi connectivity index (χ3n) is 10.1. The maximum atomic E-state index is 6.83. The first-order valence-electron chi connectivity index (χ1n) is 17.4. The van der Waals surface area contributed by atoms with Gasteiger partial charge in [-0.3, -0.25) is 0 Å². The van der Waals surface area contributed by atoms with Crippen LogP contribution in [0.4, 0.5) is 0 Å². The van der Waals surface area contributed by atoms with Gasteiger partial charge in [0.05, 0.1) is 81.4 Å². The summed E-state index contributed by atoms with van der Waals surface area (Å²) < 4.78 is 22.2. The maximum absolute atomic E-state index is 6.83. The van der Waals surface area contributed by atoms with E-state index in [-0.39, 0.29) is 15.1 Å². The van der Waals surface area contributed by atoms with Crippen LogP contribution in [-0.2, 0) is 46.2 Å². The summed E-state index contributed by atoms with van der Waals surface area (Å²) in [6.07, 6.45) is 10.8. The van der Waals surface area contributed by atoms with Crippen molar-refractivity contribution in [2.24, 2.45) is 0 Å². The Morgan fingerprint density at radius 1 is 0.680 bits per heavy atom. The highest BCUT2D eigenvalue weighted by Crippen LogP contribution is 2.38. The molecule has 3 rings (SSSR count). The second kappa shape index (κ2) is 19.1. The molecule has 50 heavy (non-hydrogen) atoms. The van der Waals surface area contributed by atoms with E-state index in [9.17, 15) is 0 Å². The molecule has 1 N–H and O–H groups in total. The van der Waals surface area contributed by atoms with Gasteiger partial charge in [-0.05, 0) is 54.4 Å². The van der Waals surface area contributed by atoms with Crippen molar-refractivity contribution in [3.05, 3.63) is 77.5 Å². The maximum Gasteiger partial charge on any atom is 0.232 e. The summed E-state index contributed by atoms with van der Waals surface area (Å²) in [4.78, 5) is 22.2. The Balaban J connectivity index is 0.000000378. The standard InChI is InChI=1S/2C13H23N3OSi.C10H20N2OSi/c1-13(2,3)18(5,6)17-10-12-9-16(11-15-12)8-7-14-4;1-13(2,3)18(5,6)17-10-12-9-15-11-16(12)8-7-14-4;1-10(2,3)14(4,5)13-7-9-6-11-8-12-9/h2*9,11H,7-8,10H2,1-3,5-6H3;6,8H,7H2,1-5H3,(H,11,12). The Morgan fingerprint density at radius 2 is 1.18 bits per heavy atom. The van der Waals surface area contributed by atoms with Gasteiger partial charge in [0.1, 0.15) is 0 Å². The fourth-order valence-electron chi connectivity index (χ4n) is 3.38. The zero-order valence-corrected chi connectivity index (χ0v) is 36.8. The van der Waals surface area contributed by atoms with Crippen molar-refractivity contribution in [1.82, 2.24) is 29.1 Å². The van der Waals surface area contributed by atoms with Crippen molar-refractivity contribution in [1.29, 1.82) is 0 Å². The lowest BCUT2D eigenvalue weighted by molar-refractivity contribution is 0.267. The summed E-state index contributed by atoms with van der Waals surface area (Å²) in [6.45, 7) is 51.4. The number of hydrogen-bond donors (Lipinski definition) is 1. The number of nitrogens with zero attached hydrogens (tertiary/aromatic N) is 7. The van der Waals surface area contributed by atoms with E-state index in [4.69, 9.17) is 26.4 Å². The molecule has 280 valence electrons. The van der Waals surface area contributed by atoms with E-state index in [0.717, 1.165) is 17.1 Å². The van der Waals surface area contributed by atoms with Crippen molar-refractivity contribution >= 4 is 25.0 Å². The lowest BCUT2D eigenvalue weighted by atomic mass is 10.2. The molecule has 3 heterocycles. The highest BCUT2D eigenvalue weighted by molar-refractivity contribution is 6.74. The monoisotopic (exact) mass is 742 g/mol. The van der Waals surface area contributed by atoms with Crippen LogP contribution in [0.5, 0.6) is 0 Å². The Labute approximate surface area is 306 Å². The Hall–Kier alpha value is -2.86. The number of imidazole rings is 3. The van der Waals surface area contributed by atoms with Gasteiger partial charge in [-0.25, -0.2) is 28.1 Å². The Kier molecular flexibility index (Phi) is 17.3. The van der Waals surface area contributed by atoms with Gasteiger partial charge in [0.25, 0.3) is 0 Å². The minimum absolute atomic E-state index is 0.217. The topological polar surface area (TPSA) is 101 Å². The predicted octanol–water partition coefficient (Wildman–Crippen LogP) is 9.58. The van der Waals surface area contributed by atoms with Gasteiger partial charge in [-0.15, -0.1) is 0 Å². The number of nitrogens with one attached hydrogen (secondary N) is 1. The van der Waals surface area contributed by atoms with E-state index >= 15 is 0 Å². The largest absolute Gasteiger partial charge is 0.411 e. The third-order valence-corrected chi connectivity index (χ3v) is 23.6. The SMILES string of the molecule is CC(C)(C)[Si](C)(C)OCc1cnc[nH]1.[C-]#[N+]CCn1cnc(CO[Si](C)(C)C(C)(C)C)c1.[C-]#[N+]CCn1cncc1CO[Si](C)(C)C(C)(C)C. The average Bonchev–Trinajstić information content (AvgIpc) is 3.77. The normalized spacial score (nSPS) is 12.7. The van der Waals surface area contributed by atoms with E-state index in [0.29, 0.717) is 46.0 Å². The smallest absolute Gasteiger partial charge is 0.232 e. The van der Waals surface area contributed by atoms with Gasteiger partial charge in [0.2, 0.25) is 13.1 Å². The van der Waals surface area contributed by atoms with E-state index < -0.39 is 25.0 Å². The molecular formula is C36H66N8O3Si3. The van der Waals surface area contributed by atoms with Crippen LogP contribution in [0.1, 0.15) is 79.4 Å². The highest BCUT2D eigenvalue weighted by Gasteiger charge is 2.38. The molecule has 0 fully saturated rings. The van der Waals surface area contributed by atoms with Gasteiger partial charge in [0, 0.05) is 6.20 Å². The third kappa shape index (κ3) is 15.2. The van der Waals surface area contributed by atoms with Crippen LogP contribution in [0, 0.1) is 13.1 Å². The number of H-pyrrole nitrogens is 1. The van der Waals surface area contributed by atoms with Crippen LogP contribution >= 0.6 is 0 Å². The zero-order chi connectivity index (χ0) is 38.4. The molecule has 0 bridgehead atoms. The first-order valence-corrected chi connectivity index (χ1v) is 26.1. The highest BCUT2D eigenvalue weighted by atomic mass is 28.4. The summed E-state index contributed by atoms with van der Waals surface area (Å²) in [5, 5.41) is 0.709. The van der Waals surface area contributed by atoms with E-state index in [1.807, 2.05) is 27.7 Å². The zero-order valence-electron chi connectivity index (χ0n) is 33.8. The van der Waals surface area contributed by atoms with Crippen LogP contribution in [0.3, 0.4) is 0 Å². The summed E-state index contributed by atoms with van der Waals surface area (Å²) in [7, 11) is -5.03. The molecule has 0 unspecified atom stereocenters. The summed E-state index contributed by atoms with van der Waals surface area (Å²) in [5.74, 6) is 0. The van der Waals surface area contributed by atoms with Crippen LogP contribution in [-0.4, -0.2) is 67.1 Å². The molecule has 3 aromatic heterocycles. The van der Waals surface area contributed by atoms with Gasteiger partial charge in [-0.2, -0.15) is 0 Å². The molecule has 11 nitrogen and oxygen atoms in total. The number of aromatic amines is 1. The molecule has 0 aliphatic heterocycles. The van der Waals surface area contributed by atoms with E-state index in [1.165, 1.54) is 0 Å². The molecule has 0 amide bonds. The molecular weight excluding hydrogens is 677 g/mol. The quantitative estimate of drug-likeness (QED) is 0.138. The van der Waals surface area contributed by atoms with Crippen LogP contribution in [0.25, 0.3) is 9.69 Å². The van der Waals surface area contributed by atoms with Crippen molar-refractivity contribution in [2.75, 3.05) is 13.1 Å². The molecule has 0 aromatic carbocycles.